The average molecular weight is 583 g/mol. The van der Waals surface area contributed by atoms with Crippen LogP contribution >= 0.6 is 0 Å². The van der Waals surface area contributed by atoms with E-state index in [1.165, 1.54) is 12.7 Å². The molecule has 0 aliphatic carbocycles. The standard InChI is InChI=1S/C15H28N2O4S.C10H11N5O3/c1-12(18)14(21-2)11-22(9-6-4-3-5-8-16)10-7-13(17)15(19)20;16-10(17)6-2-1-3-14(6)8-7-9(12-4-11-8)15(18)5-13-7/h12-14,18H,3,5,7-11,16-17H2,1-2H3;4-6,18H,1-3H2,(H,16,17)/p+1/t12-,13?,14?,22?;6-/m10/s1. The molecule has 2 aromatic rings. The van der Waals surface area contributed by atoms with Crippen molar-refractivity contribution < 1.29 is 34.9 Å². The monoisotopic (exact) mass is 582 g/mol. The van der Waals surface area contributed by atoms with Gasteiger partial charge in [-0.05, 0) is 38.7 Å². The second-order valence-corrected chi connectivity index (χ2v) is 11.5. The SMILES string of the molecule is COC(C[S+](CC#CCCCN)CCC(N)C(=O)O)[C@@H](C)O.O=C(O)[C@@H]1CCCN1c1ncnc2c1ncn2O. The number of aliphatic carboxylic acids is 2. The number of aliphatic hydroxyl groups is 1. The Kier molecular flexibility index (Phi) is 13.9. The van der Waals surface area contributed by atoms with Crippen LogP contribution in [-0.2, 0) is 25.2 Å². The van der Waals surface area contributed by atoms with Crippen molar-refractivity contribution in [2.24, 2.45) is 11.5 Å². The second kappa shape index (κ2) is 16.8. The molecule has 2 aromatic heterocycles. The van der Waals surface area contributed by atoms with E-state index in [1.54, 1.807) is 18.9 Å². The van der Waals surface area contributed by atoms with Gasteiger partial charge in [0, 0.05) is 37.4 Å². The minimum atomic E-state index is -0.989. The van der Waals surface area contributed by atoms with Gasteiger partial charge >= 0.3 is 11.9 Å². The van der Waals surface area contributed by atoms with E-state index in [0.29, 0.717) is 54.5 Å². The molecular weight excluding hydrogens is 542 g/mol. The molecular formula is C25H40N7O7S+. The average Bonchev–Trinajstić information content (AvgIpc) is 3.57. The van der Waals surface area contributed by atoms with Crippen LogP contribution in [0.1, 0.15) is 39.0 Å². The van der Waals surface area contributed by atoms with Gasteiger partial charge in [-0.1, -0.05) is 5.92 Å². The van der Waals surface area contributed by atoms with Crippen molar-refractivity contribution in [3.05, 3.63) is 12.7 Å². The van der Waals surface area contributed by atoms with Crippen LogP contribution in [0.3, 0.4) is 0 Å². The number of hydrogen-bond donors (Lipinski definition) is 6. The number of rotatable bonds is 13. The quantitative estimate of drug-likeness (QED) is 0.0770. The van der Waals surface area contributed by atoms with Gasteiger partial charge in [0.25, 0.3) is 0 Å². The van der Waals surface area contributed by atoms with Crippen molar-refractivity contribution in [3.8, 4) is 11.8 Å². The van der Waals surface area contributed by atoms with Crippen molar-refractivity contribution in [2.75, 3.05) is 42.4 Å². The van der Waals surface area contributed by atoms with E-state index in [-0.39, 0.29) is 22.6 Å². The Morgan fingerprint density at radius 1 is 1.27 bits per heavy atom. The summed E-state index contributed by atoms with van der Waals surface area (Å²) in [7, 11) is 1.41. The number of unbranched alkanes of at least 4 members (excludes halogenated alkanes) is 1. The maximum absolute atomic E-state index is 11.2. The molecule has 0 spiro atoms. The zero-order valence-electron chi connectivity index (χ0n) is 22.8. The number of carboxylic acids is 2. The van der Waals surface area contributed by atoms with E-state index in [2.05, 4.69) is 26.8 Å². The fraction of sp³-hybridized carbons (Fsp3) is 0.640. The van der Waals surface area contributed by atoms with Gasteiger partial charge in [0.05, 0.1) is 6.10 Å². The molecule has 14 nitrogen and oxygen atoms in total. The van der Waals surface area contributed by atoms with Crippen molar-refractivity contribution in [3.63, 3.8) is 0 Å². The number of imidazole rings is 1. The molecule has 0 saturated carbocycles. The minimum absolute atomic E-state index is 0.151. The fourth-order valence-electron chi connectivity index (χ4n) is 4.00. The van der Waals surface area contributed by atoms with E-state index < -0.39 is 30.1 Å². The van der Waals surface area contributed by atoms with Gasteiger partial charge in [0.15, 0.2) is 17.1 Å². The van der Waals surface area contributed by atoms with E-state index in [4.69, 9.17) is 26.4 Å². The summed E-state index contributed by atoms with van der Waals surface area (Å²) >= 11 is 0. The van der Waals surface area contributed by atoms with E-state index >= 15 is 0 Å². The molecule has 222 valence electrons. The third-order valence-electron chi connectivity index (χ3n) is 6.29. The van der Waals surface area contributed by atoms with Gasteiger partial charge in [-0.2, -0.15) is 4.73 Å². The van der Waals surface area contributed by atoms with Crippen LogP contribution in [0, 0.1) is 11.8 Å². The number of carboxylic acid groups (broad SMARTS) is 2. The Morgan fingerprint density at radius 2 is 2.02 bits per heavy atom. The Labute approximate surface area is 236 Å². The highest BCUT2D eigenvalue weighted by Crippen LogP contribution is 2.28. The summed E-state index contributed by atoms with van der Waals surface area (Å²) in [6.45, 7) is 2.93. The summed E-state index contributed by atoms with van der Waals surface area (Å²) in [4.78, 5) is 35.7. The van der Waals surface area contributed by atoms with E-state index in [1.807, 2.05) is 0 Å². The number of methoxy groups -OCH3 is 1. The molecule has 15 heteroatoms. The summed E-state index contributed by atoms with van der Waals surface area (Å²) in [6.07, 6.45) is 5.10. The molecule has 1 aliphatic rings. The van der Waals surface area contributed by atoms with Crippen LogP contribution in [0.4, 0.5) is 5.82 Å². The molecule has 1 aliphatic heterocycles. The summed E-state index contributed by atoms with van der Waals surface area (Å²) in [5.74, 6) is 6.79. The van der Waals surface area contributed by atoms with Gasteiger partial charge in [-0.15, -0.1) is 0 Å². The fourth-order valence-corrected chi connectivity index (χ4v) is 6.20. The lowest BCUT2D eigenvalue weighted by atomic mass is 10.2. The van der Waals surface area contributed by atoms with Crippen LogP contribution < -0.4 is 16.4 Å². The lowest BCUT2D eigenvalue weighted by molar-refractivity contribution is -0.139. The van der Waals surface area contributed by atoms with Gasteiger partial charge in [-0.25, -0.2) is 19.7 Å². The van der Waals surface area contributed by atoms with Gasteiger partial charge in [-0.3, -0.25) is 4.79 Å². The molecule has 3 unspecified atom stereocenters. The van der Waals surface area contributed by atoms with Crippen LogP contribution in [0.25, 0.3) is 11.2 Å². The van der Waals surface area contributed by atoms with Crippen molar-refractivity contribution in [1.29, 1.82) is 0 Å². The third-order valence-corrected chi connectivity index (χ3v) is 8.46. The number of carbonyl (C=O) groups is 2. The maximum Gasteiger partial charge on any atom is 0.326 e. The lowest BCUT2D eigenvalue weighted by Crippen LogP contribution is -2.37. The zero-order chi connectivity index (χ0) is 29.7. The highest BCUT2D eigenvalue weighted by Gasteiger charge is 2.33. The number of fused-ring (bicyclic) bond motifs is 1. The van der Waals surface area contributed by atoms with Crippen molar-refractivity contribution >= 4 is 39.8 Å². The summed E-state index contributed by atoms with van der Waals surface area (Å²) in [6, 6.07) is -1.44. The number of aromatic nitrogens is 4. The molecule has 1 saturated heterocycles. The molecule has 5 atom stereocenters. The highest BCUT2D eigenvalue weighted by atomic mass is 32.2. The molecule has 0 bridgehead atoms. The van der Waals surface area contributed by atoms with Gasteiger partial charge in [0.2, 0.25) is 5.65 Å². The topological polar surface area (TPSA) is 223 Å². The van der Waals surface area contributed by atoms with E-state index in [0.717, 1.165) is 24.0 Å². The number of anilines is 1. The van der Waals surface area contributed by atoms with Crippen molar-refractivity contribution in [2.45, 2.75) is 63.3 Å². The first kappa shape index (κ1) is 33.0. The Morgan fingerprint density at radius 3 is 2.65 bits per heavy atom. The van der Waals surface area contributed by atoms with E-state index in [9.17, 15) is 19.9 Å². The minimum Gasteiger partial charge on any atom is -0.480 e. The number of ether oxygens (including phenoxy) is 1. The van der Waals surface area contributed by atoms with Crippen LogP contribution in [0.2, 0.25) is 0 Å². The van der Waals surface area contributed by atoms with Crippen LogP contribution in [0.5, 0.6) is 0 Å². The molecule has 8 N–H and O–H groups in total. The first-order chi connectivity index (χ1) is 19.1. The summed E-state index contributed by atoms with van der Waals surface area (Å²) in [5.41, 5.74) is 11.7. The first-order valence-electron chi connectivity index (χ1n) is 13.0. The summed E-state index contributed by atoms with van der Waals surface area (Å²) in [5, 5.41) is 37.2. The molecule has 3 rings (SSSR count). The first-order valence-corrected chi connectivity index (χ1v) is 14.7. The highest BCUT2D eigenvalue weighted by molar-refractivity contribution is 7.97. The number of aliphatic hydroxyl groups excluding tert-OH is 1. The van der Waals surface area contributed by atoms with Gasteiger partial charge < -0.3 is 41.6 Å². The number of hydrogen-bond acceptors (Lipinski definition) is 11. The molecule has 0 radical (unpaired) electrons. The second-order valence-electron chi connectivity index (χ2n) is 9.27. The maximum atomic E-state index is 11.2. The lowest BCUT2D eigenvalue weighted by Gasteiger charge is -2.22. The Hall–Kier alpha value is -3.16. The van der Waals surface area contributed by atoms with Gasteiger partial charge in [0.1, 0.15) is 42.3 Å². The normalized spacial score (nSPS) is 17.7. The predicted molar refractivity (Wildman–Crippen MR) is 151 cm³/mol. The molecule has 40 heavy (non-hydrogen) atoms. The smallest absolute Gasteiger partial charge is 0.326 e. The van der Waals surface area contributed by atoms with Crippen molar-refractivity contribution in [1.82, 2.24) is 19.7 Å². The Balaban J connectivity index is 0.000000284. The summed E-state index contributed by atoms with van der Waals surface area (Å²) < 4.78 is 6.08. The zero-order valence-corrected chi connectivity index (χ0v) is 23.7. The van der Waals surface area contributed by atoms with Crippen LogP contribution in [0.15, 0.2) is 12.7 Å². The molecule has 0 amide bonds. The van der Waals surface area contributed by atoms with Crippen LogP contribution in [-0.4, -0.2) is 114 Å². The molecule has 1 fully saturated rings. The molecule has 0 aromatic carbocycles. The number of nitrogens with zero attached hydrogens (tertiary/aromatic N) is 5. The number of nitrogens with two attached hydrogens (primary N) is 2. The largest absolute Gasteiger partial charge is 0.480 e. The molecule has 3 heterocycles. The predicted octanol–water partition coefficient (Wildman–Crippen LogP) is -0.338. The third kappa shape index (κ3) is 9.79. The Bertz CT molecular complexity index is 1150.